The van der Waals surface area contributed by atoms with E-state index in [9.17, 15) is 14.4 Å². The number of carbonyl (C=O) groups excluding carboxylic acids is 2. The first-order chi connectivity index (χ1) is 16.3. The van der Waals surface area contributed by atoms with Crippen molar-refractivity contribution in [2.45, 2.75) is 65.8 Å². The van der Waals surface area contributed by atoms with Gasteiger partial charge in [-0.2, -0.15) is 0 Å². The van der Waals surface area contributed by atoms with Crippen LogP contribution in [0.4, 0.5) is 5.69 Å². The summed E-state index contributed by atoms with van der Waals surface area (Å²) in [6.45, 7) is 6.80. The van der Waals surface area contributed by atoms with Gasteiger partial charge < -0.3 is 10.1 Å². The number of nitrogens with zero attached hydrogens (tertiary/aromatic N) is 2. The van der Waals surface area contributed by atoms with E-state index in [2.05, 4.69) is 10.3 Å². The molecule has 0 spiro atoms. The lowest BCUT2D eigenvalue weighted by Crippen LogP contribution is -2.24. The Bertz CT molecular complexity index is 1290. The highest BCUT2D eigenvalue weighted by Gasteiger charge is 2.16. The first-order valence-corrected chi connectivity index (χ1v) is 11.9. The molecule has 2 heterocycles. The number of benzene rings is 2. The molecule has 0 radical (unpaired) electrons. The number of hydrogen-bond donors (Lipinski definition) is 1. The second kappa shape index (κ2) is 10.2. The summed E-state index contributed by atoms with van der Waals surface area (Å²) in [5.41, 5.74) is 4.88. The monoisotopic (exact) mass is 461 g/mol. The van der Waals surface area contributed by atoms with Gasteiger partial charge >= 0.3 is 5.97 Å². The van der Waals surface area contributed by atoms with Crippen LogP contribution in [0.2, 0.25) is 0 Å². The normalized spacial score (nSPS) is 13.3. The third-order valence-electron chi connectivity index (χ3n) is 6.27. The SMILES string of the molecule is Cc1cc(C)c(NC(=O)CCCOC(=O)c2ccc3c(=O)n4c(nc3c2)CCCCC4)c(C)c1. The van der Waals surface area contributed by atoms with Gasteiger partial charge in [0.2, 0.25) is 5.91 Å². The van der Waals surface area contributed by atoms with Crippen LogP contribution in [0.25, 0.3) is 10.9 Å². The Morgan fingerprint density at radius 2 is 1.82 bits per heavy atom. The van der Waals surface area contributed by atoms with Gasteiger partial charge in [-0.05, 0) is 69.4 Å². The maximum absolute atomic E-state index is 12.8. The molecular formula is C27H31N3O4. The van der Waals surface area contributed by atoms with Crippen LogP contribution in [-0.4, -0.2) is 28.0 Å². The summed E-state index contributed by atoms with van der Waals surface area (Å²) in [7, 11) is 0. The Balaban J connectivity index is 1.34. The zero-order valence-electron chi connectivity index (χ0n) is 20.1. The lowest BCUT2D eigenvalue weighted by Gasteiger charge is -2.13. The predicted molar refractivity (Wildman–Crippen MR) is 132 cm³/mol. The van der Waals surface area contributed by atoms with E-state index in [0.29, 0.717) is 29.4 Å². The summed E-state index contributed by atoms with van der Waals surface area (Å²) >= 11 is 0. The van der Waals surface area contributed by atoms with E-state index in [4.69, 9.17) is 4.74 Å². The lowest BCUT2D eigenvalue weighted by atomic mass is 10.0. The van der Waals surface area contributed by atoms with Crippen molar-refractivity contribution in [3.05, 3.63) is 68.8 Å². The number of ether oxygens (including phenoxy) is 1. The lowest BCUT2D eigenvalue weighted by molar-refractivity contribution is -0.116. The van der Waals surface area contributed by atoms with Gasteiger partial charge in [-0.25, -0.2) is 9.78 Å². The number of esters is 1. The minimum Gasteiger partial charge on any atom is -0.462 e. The van der Waals surface area contributed by atoms with Gasteiger partial charge in [0.25, 0.3) is 5.56 Å². The molecule has 3 aromatic rings. The quantitative estimate of drug-likeness (QED) is 0.427. The molecule has 178 valence electrons. The Labute approximate surface area is 199 Å². The Hall–Kier alpha value is -3.48. The van der Waals surface area contributed by atoms with E-state index < -0.39 is 5.97 Å². The molecule has 0 fully saturated rings. The molecule has 34 heavy (non-hydrogen) atoms. The zero-order chi connectivity index (χ0) is 24.2. The summed E-state index contributed by atoms with van der Waals surface area (Å²) in [6, 6.07) is 8.95. The molecule has 7 heteroatoms. The fourth-order valence-electron chi connectivity index (χ4n) is 4.61. The third kappa shape index (κ3) is 5.19. The molecule has 1 aromatic heterocycles. The van der Waals surface area contributed by atoms with Gasteiger partial charge in [0, 0.05) is 25.1 Å². The Kier molecular flexibility index (Phi) is 7.10. The summed E-state index contributed by atoms with van der Waals surface area (Å²) in [6.07, 6.45) is 4.51. The number of hydrogen-bond acceptors (Lipinski definition) is 5. The number of anilines is 1. The highest BCUT2D eigenvalue weighted by atomic mass is 16.5. The predicted octanol–water partition coefficient (Wildman–Crippen LogP) is 4.62. The molecule has 4 rings (SSSR count). The number of rotatable bonds is 6. The zero-order valence-corrected chi connectivity index (χ0v) is 20.1. The fraction of sp³-hybridized carbons (Fsp3) is 0.407. The second-order valence-corrected chi connectivity index (χ2v) is 9.09. The van der Waals surface area contributed by atoms with Gasteiger partial charge in [0.15, 0.2) is 0 Å². The molecule has 0 saturated heterocycles. The molecule has 0 saturated carbocycles. The summed E-state index contributed by atoms with van der Waals surface area (Å²) < 4.78 is 7.14. The Morgan fingerprint density at radius 3 is 2.59 bits per heavy atom. The standard InChI is InChI=1S/C27H31N3O4/c1-17-14-18(2)25(19(3)15-17)29-24(31)9-7-13-34-27(33)20-10-11-21-22(16-20)28-23-8-5-4-6-12-30(23)26(21)32/h10-11,14-16H,4-9,12-13H2,1-3H3,(H,29,31). The van der Waals surface area contributed by atoms with Gasteiger partial charge in [0.05, 0.1) is 23.1 Å². The average molecular weight is 462 g/mol. The van der Waals surface area contributed by atoms with Gasteiger partial charge in [0.1, 0.15) is 5.82 Å². The van der Waals surface area contributed by atoms with Crippen LogP contribution in [0.5, 0.6) is 0 Å². The van der Waals surface area contributed by atoms with Gasteiger partial charge in [-0.1, -0.05) is 24.1 Å². The highest BCUT2D eigenvalue weighted by molar-refractivity contribution is 5.94. The van der Waals surface area contributed by atoms with Crippen molar-refractivity contribution in [2.24, 2.45) is 0 Å². The first-order valence-electron chi connectivity index (χ1n) is 11.9. The van der Waals surface area contributed by atoms with Crippen LogP contribution in [0.1, 0.15) is 65.0 Å². The molecule has 0 unspecified atom stereocenters. The van der Waals surface area contributed by atoms with Crippen LogP contribution < -0.4 is 10.9 Å². The van der Waals surface area contributed by atoms with Crippen LogP contribution >= 0.6 is 0 Å². The van der Waals surface area contributed by atoms with E-state index in [0.717, 1.165) is 53.9 Å². The molecule has 0 atom stereocenters. The second-order valence-electron chi connectivity index (χ2n) is 9.09. The minimum atomic E-state index is -0.482. The molecule has 0 aliphatic carbocycles. The molecule has 2 aromatic carbocycles. The van der Waals surface area contributed by atoms with E-state index in [1.165, 1.54) is 0 Å². The number of carbonyl (C=O) groups is 2. The van der Waals surface area contributed by atoms with Crippen molar-refractivity contribution < 1.29 is 14.3 Å². The minimum absolute atomic E-state index is 0.0492. The van der Waals surface area contributed by atoms with Gasteiger partial charge in [-0.15, -0.1) is 0 Å². The molecule has 1 amide bonds. The average Bonchev–Trinajstić information content (AvgIpc) is 3.04. The number of aromatic nitrogens is 2. The number of nitrogens with one attached hydrogen (secondary N) is 1. The maximum Gasteiger partial charge on any atom is 0.338 e. The molecular weight excluding hydrogens is 430 g/mol. The number of amides is 1. The van der Waals surface area contributed by atoms with Gasteiger partial charge in [-0.3, -0.25) is 14.2 Å². The summed E-state index contributed by atoms with van der Waals surface area (Å²) in [5.74, 6) is 0.192. The summed E-state index contributed by atoms with van der Waals surface area (Å²) in [4.78, 5) is 42.4. The van der Waals surface area contributed by atoms with Crippen molar-refractivity contribution in [3.8, 4) is 0 Å². The van der Waals surface area contributed by atoms with Crippen molar-refractivity contribution in [1.82, 2.24) is 9.55 Å². The highest BCUT2D eigenvalue weighted by Crippen LogP contribution is 2.22. The van der Waals surface area contributed by atoms with E-state index >= 15 is 0 Å². The molecule has 1 aliphatic rings. The topological polar surface area (TPSA) is 90.3 Å². The van der Waals surface area contributed by atoms with Crippen molar-refractivity contribution in [2.75, 3.05) is 11.9 Å². The van der Waals surface area contributed by atoms with E-state index in [1.54, 1.807) is 22.8 Å². The maximum atomic E-state index is 12.8. The third-order valence-corrected chi connectivity index (χ3v) is 6.27. The fourth-order valence-corrected chi connectivity index (χ4v) is 4.61. The van der Waals surface area contributed by atoms with Crippen molar-refractivity contribution in [3.63, 3.8) is 0 Å². The van der Waals surface area contributed by atoms with E-state index in [-0.39, 0.29) is 24.5 Å². The van der Waals surface area contributed by atoms with E-state index in [1.807, 2.05) is 32.9 Å². The van der Waals surface area contributed by atoms with Crippen LogP contribution in [0.15, 0.2) is 35.1 Å². The molecule has 0 bridgehead atoms. The van der Waals surface area contributed by atoms with Crippen molar-refractivity contribution in [1.29, 1.82) is 0 Å². The number of aryl methyl sites for hydroxylation is 4. The van der Waals surface area contributed by atoms with Crippen LogP contribution in [-0.2, 0) is 22.5 Å². The first kappa shape index (κ1) is 23.7. The van der Waals surface area contributed by atoms with Crippen molar-refractivity contribution >= 4 is 28.5 Å². The molecule has 7 nitrogen and oxygen atoms in total. The molecule has 1 aliphatic heterocycles. The van der Waals surface area contributed by atoms with Crippen LogP contribution in [0, 0.1) is 20.8 Å². The Morgan fingerprint density at radius 1 is 1.06 bits per heavy atom. The molecule has 1 N–H and O–H groups in total. The summed E-state index contributed by atoms with van der Waals surface area (Å²) in [5, 5.41) is 3.48. The number of fused-ring (bicyclic) bond motifs is 2. The smallest absolute Gasteiger partial charge is 0.338 e. The van der Waals surface area contributed by atoms with Crippen LogP contribution in [0.3, 0.4) is 0 Å². The largest absolute Gasteiger partial charge is 0.462 e.